The lowest BCUT2D eigenvalue weighted by Gasteiger charge is -2.24. The molecule has 0 heterocycles. The Morgan fingerprint density at radius 3 is 1.91 bits per heavy atom. The van der Waals surface area contributed by atoms with Gasteiger partial charge in [0.15, 0.2) is 0 Å². The van der Waals surface area contributed by atoms with E-state index in [1.165, 1.54) is 57.4 Å². The Balaban J connectivity index is 4.58. The SMILES string of the molecule is CC/C=C/CC/C=C/CC/C=C/C(O)C(COP(=O)(O)OCCN)NC(=O)CC(O)CCCCCCCCCCCCC. The van der Waals surface area contributed by atoms with Crippen molar-refractivity contribution in [3.05, 3.63) is 36.5 Å². The van der Waals surface area contributed by atoms with Crippen molar-refractivity contribution in [1.82, 2.24) is 5.32 Å². The van der Waals surface area contributed by atoms with E-state index in [9.17, 15) is 24.5 Å². The fourth-order valence-corrected chi connectivity index (χ4v) is 5.27. The maximum atomic E-state index is 12.7. The standard InChI is InChI=1S/C33H63N2O7P/c1-3-5-7-9-11-13-15-16-18-20-22-24-30(36)28-33(38)35-31(29-42-43(39,40)41-27-26-34)32(37)25-23-21-19-17-14-12-10-8-6-4-2/h6,8,14,17,23,25,30-32,36-37H,3-5,7,9-13,15-16,18-22,24,26-29,34H2,1-2H3,(H,35,38)(H,39,40)/b8-6+,17-14+,25-23+. The summed E-state index contributed by atoms with van der Waals surface area (Å²) in [6.45, 7) is 3.77. The highest BCUT2D eigenvalue weighted by Gasteiger charge is 2.27. The number of unbranched alkanes of at least 4 members (excludes halogenated alkanes) is 12. The molecule has 0 aromatic carbocycles. The smallest absolute Gasteiger partial charge is 0.393 e. The summed E-state index contributed by atoms with van der Waals surface area (Å²) in [5, 5.41) is 23.7. The van der Waals surface area contributed by atoms with Crippen molar-refractivity contribution in [3.63, 3.8) is 0 Å². The minimum absolute atomic E-state index is 0.0420. The molecule has 0 spiro atoms. The molecule has 1 amide bonds. The van der Waals surface area contributed by atoms with Gasteiger partial charge in [0, 0.05) is 6.54 Å². The van der Waals surface area contributed by atoms with Gasteiger partial charge in [-0.25, -0.2) is 4.57 Å². The molecule has 0 rings (SSSR count). The summed E-state index contributed by atoms with van der Waals surface area (Å²) in [6.07, 6.45) is 28.2. The highest BCUT2D eigenvalue weighted by molar-refractivity contribution is 7.47. The number of amides is 1. The van der Waals surface area contributed by atoms with E-state index < -0.39 is 38.6 Å². The monoisotopic (exact) mass is 630 g/mol. The molecule has 0 saturated carbocycles. The van der Waals surface area contributed by atoms with E-state index in [2.05, 4.69) is 43.5 Å². The zero-order valence-electron chi connectivity index (χ0n) is 27.0. The molecule has 4 unspecified atom stereocenters. The highest BCUT2D eigenvalue weighted by Crippen LogP contribution is 2.43. The van der Waals surface area contributed by atoms with Crippen molar-refractivity contribution >= 4 is 13.7 Å². The lowest BCUT2D eigenvalue weighted by Crippen LogP contribution is -2.46. The zero-order valence-corrected chi connectivity index (χ0v) is 27.9. The molecule has 4 atom stereocenters. The maximum absolute atomic E-state index is 12.7. The first-order chi connectivity index (χ1) is 20.8. The molecule has 0 aliphatic heterocycles. The van der Waals surface area contributed by atoms with Crippen molar-refractivity contribution in [2.75, 3.05) is 19.8 Å². The summed E-state index contributed by atoms with van der Waals surface area (Å²) in [6, 6.07) is -0.999. The molecule has 0 fully saturated rings. The van der Waals surface area contributed by atoms with Crippen LogP contribution in [0.3, 0.4) is 0 Å². The molecule has 0 aromatic heterocycles. The molecule has 252 valence electrons. The molecule has 43 heavy (non-hydrogen) atoms. The van der Waals surface area contributed by atoms with Crippen LogP contribution in [-0.2, 0) is 18.4 Å². The van der Waals surface area contributed by atoms with E-state index in [-0.39, 0.29) is 19.6 Å². The number of hydrogen-bond donors (Lipinski definition) is 5. The fraction of sp³-hybridized carbons (Fsp3) is 0.788. The second kappa shape index (κ2) is 29.4. The van der Waals surface area contributed by atoms with E-state index in [0.717, 1.165) is 44.9 Å². The first kappa shape index (κ1) is 41.7. The molecular formula is C33H63N2O7P. The number of rotatable bonds is 30. The number of nitrogens with one attached hydrogen (secondary N) is 1. The van der Waals surface area contributed by atoms with Crippen LogP contribution in [0.4, 0.5) is 0 Å². The van der Waals surface area contributed by atoms with Crippen molar-refractivity contribution in [3.8, 4) is 0 Å². The summed E-state index contributed by atoms with van der Waals surface area (Å²) >= 11 is 0. The molecule has 0 aromatic rings. The minimum atomic E-state index is -4.39. The largest absolute Gasteiger partial charge is 0.472 e. The Morgan fingerprint density at radius 1 is 0.814 bits per heavy atom. The van der Waals surface area contributed by atoms with Crippen molar-refractivity contribution in [1.29, 1.82) is 0 Å². The predicted molar refractivity (Wildman–Crippen MR) is 177 cm³/mol. The van der Waals surface area contributed by atoms with Gasteiger partial charge in [0.2, 0.25) is 5.91 Å². The molecule has 9 nitrogen and oxygen atoms in total. The number of phosphoric acid groups is 1. The number of nitrogens with two attached hydrogens (primary N) is 1. The lowest BCUT2D eigenvalue weighted by atomic mass is 10.0. The number of aliphatic hydroxyl groups is 2. The fourth-order valence-electron chi connectivity index (χ4n) is 4.51. The molecule has 0 radical (unpaired) electrons. The Hall–Kier alpha value is -1.32. The van der Waals surface area contributed by atoms with E-state index in [0.29, 0.717) is 12.8 Å². The quantitative estimate of drug-likeness (QED) is 0.0323. The molecule has 10 heteroatoms. The third-order valence-electron chi connectivity index (χ3n) is 7.01. The highest BCUT2D eigenvalue weighted by atomic mass is 31.2. The van der Waals surface area contributed by atoms with Gasteiger partial charge in [0.05, 0.1) is 37.9 Å². The van der Waals surface area contributed by atoms with Gasteiger partial charge in [-0.15, -0.1) is 0 Å². The van der Waals surface area contributed by atoms with Gasteiger partial charge in [0.25, 0.3) is 0 Å². The van der Waals surface area contributed by atoms with Gasteiger partial charge < -0.3 is 26.2 Å². The van der Waals surface area contributed by atoms with Crippen LogP contribution in [0.1, 0.15) is 129 Å². The Labute approximate surface area is 262 Å². The Morgan fingerprint density at radius 2 is 1.35 bits per heavy atom. The van der Waals surface area contributed by atoms with Crippen LogP contribution < -0.4 is 11.1 Å². The first-order valence-electron chi connectivity index (χ1n) is 16.7. The number of hydrogen-bond acceptors (Lipinski definition) is 7. The van der Waals surface area contributed by atoms with Crippen molar-refractivity contribution in [2.45, 2.75) is 148 Å². The molecule has 0 bridgehead atoms. The van der Waals surface area contributed by atoms with Crippen LogP contribution in [0.5, 0.6) is 0 Å². The predicted octanol–water partition coefficient (Wildman–Crippen LogP) is 7.02. The van der Waals surface area contributed by atoms with Gasteiger partial charge in [-0.2, -0.15) is 0 Å². The van der Waals surface area contributed by atoms with E-state index >= 15 is 0 Å². The number of carbonyl (C=O) groups is 1. The zero-order chi connectivity index (χ0) is 32.0. The topological polar surface area (TPSA) is 151 Å². The average Bonchev–Trinajstić information content (AvgIpc) is 2.97. The van der Waals surface area contributed by atoms with Gasteiger partial charge in [0.1, 0.15) is 0 Å². The lowest BCUT2D eigenvalue weighted by molar-refractivity contribution is -0.124. The van der Waals surface area contributed by atoms with Crippen molar-refractivity contribution in [2.24, 2.45) is 5.73 Å². The first-order valence-corrected chi connectivity index (χ1v) is 18.2. The normalized spacial score (nSPS) is 15.8. The van der Waals surface area contributed by atoms with Gasteiger partial charge in [-0.1, -0.05) is 121 Å². The maximum Gasteiger partial charge on any atom is 0.472 e. The average molecular weight is 631 g/mol. The van der Waals surface area contributed by atoms with Crippen LogP contribution >= 0.6 is 7.82 Å². The van der Waals surface area contributed by atoms with E-state index in [4.69, 9.17) is 14.8 Å². The van der Waals surface area contributed by atoms with Crippen LogP contribution in [0, 0.1) is 0 Å². The van der Waals surface area contributed by atoms with Gasteiger partial charge >= 0.3 is 7.82 Å². The third-order valence-corrected chi connectivity index (χ3v) is 8.00. The van der Waals surface area contributed by atoms with E-state index in [1.807, 2.05) is 0 Å². The Bertz CT molecular complexity index is 791. The van der Waals surface area contributed by atoms with E-state index in [1.54, 1.807) is 6.08 Å². The summed E-state index contributed by atoms with van der Waals surface area (Å²) < 4.78 is 21.8. The van der Waals surface area contributed by atoms with Crippen molar-refractivity contribution < 1.29 is 33.5 Å². The molecular weight excluding hydrogens is 567 g/mol. The summed E-state index contributed by atoms with van der Waals surface area (Å²) in [5.41, 5.74) is 5.32. The second-order valence-electron chi connectivity index (χ2n) is 11.2. The van der Waals surface area contributed by atoms with Crippen LogP contribution in [0.25, 0.3) is 0 Å². The molecule has 6 N–H and O–H groups in total. The number of allylic oxidation sites excluding steroid dienone is 5. The van der Waals surface area contributed by atoms with Gasteiger partial charge in [-0.3, -0.25) is 13.8 Å². The molecule has 0 saturated heterocycles. The number of phosphoric ester groups is 1. The minimum Gasteiger partial charge on any atom is -0.393 e. The molecule has 0 aliphatic rings. The van der Waals surface area contributed by atoms with Crippen LogP contribution in [0.15, 0.2) is 36.5 Å². The number of carbonyl (C=O) groups excluding carboxylic acids is 1. The van der Waals surface area contributed by atoms with Crippen LogP contribution in [0.2, 0.25) is 0 Å². The summed E-state index contributed by atoms with van der Waals surface area (Å²) in [5.74, 6) is -0.465. The van der Waals surface area contributed by atoms with Gasteiger partial charge in [-0.05, 0) is 38.5 Å². The summed E-state index contributed by atoms with van der Waals surface area (Å²) in [7, 11) is -4.39. The third kappa shape index (κ3) is 27.9. The Kier molecular flexibility index (Phi) is 28.5. The van der Waals surface area contributed by atoms with Crippen LogP contribution in [-0.4, -0.2) is 59.0 Å². The molecule has 0 aliphatic carbocycles. The summed E-state index contributed by atoms with van der Waals surface area (Å²) in [4.78, 5) is 22.5. The number of aliphatic hydroxyl groups excluding tert-OH is 2. The second-order valence-corrected chi connectivity index (χ2v) is 12.6.